The molecule has 2 amide bonds. The molecule has 0 aliphatic carbocycles. The van der Waals surface area contributed by atoms with Crippen molar-refractivity contribution < 1.29 is 28.0 Å². The van der Waals surface area contributed by atoms with Crippen molar-refractivity contribution in [3.63, 3.8) is 0 Å². The lowest BCUT2D eigenvalue weighted by Crippen LogP contribution is -2.45. The van der Waals surface area contributed by atoms with Crippen LogP contribution in [-0.4, -0.2) is 74.5 Å². The van der Waals surface area contributed by atoms with Crippen LogP contribution < -0.4 is 0 Å². The Kier molecular flexibility index (Phi) is 8.13. The van der Waals surface area contributed by atoms with Gasteiger partial charge in [-0.25, -0.2) is 4.79 Å². The number of rotatable bonds is 3. The molecule has 0 bridgehead atoms. The maximum Gasteiger partial charge on any atom is 0.410 e. The van der Waals surface area contributed by atoms with Gasteiger partial charge >= 0.3 is 6.09 Å². The van der Waals surface area contributed by atoms with Crippen molar-refractivity contribution in [2.75, 3.05) is 27.7 Å². The van der Waals surface area contributed by atoms with E-state index in [9.17, 15) is 28.5 Å². The van der Waals surface area contributed by atoms with Gasteiger partial charge in [-0.15, -0.1) is 0 Å². The highest BCUT2D eigenvalue weighted by molar-refractivity contribution is 7.79. The fourth-order valence-electron chi connectivity index (χ4n) is 2.34. The number of para-hydroxylation sites is 1. The molecular formula is C15H20N3O7S-. The summed E-state index contributed by atoms with van der Waals surface area (Å²) >= 11 is -2.30. The summed E-state index contributed by atoms with van der Waals surface area (Å²) in [5, 5.41) is 9.29. The van der Waals surface area contributed by atoms with E-state index >= 15 is 0 Å². The van der Waals surface area contributed by atoms with E-state index in [0.29, 0.717) is 0 Å². The highest BCUT2D eigenvalue weighted by Gasteiger charge is 2.41. The van der Waals surface area contributed by atoms with Crippen molar-refractivity contribution in [1.82, 2.24) is 9.80 Å². The zero-order chi connectivity index (χ0) is 19.9. The second-order valence-electron chi connectivity index (χ2n) is 5.58. The van der Waals surface area contributed by atoms with Crippen LogP contribution in [0.15, 0.2) is 30.3 Å². The molecule has 1 saturated heterocycles. The topological polar surface area (TPSA) is 133 Å². The number of hydrogen-bond acceptors (Lipinski definition) is 7. The van der Waals surface area contributed by atoms with Crippen LogP contribution in [0.3, 0.4) is 0 Å². The Balaban J connectivity index is 0.000000314. The van der Waals surface area contributed by atoms with Crippen molar-refractivity contribution in [2.45, 2.75) is 17.7 Å². The van der Waals surface area contributed by atoms with Crippen LogP contribution in [0.25, 0.3) is 0 Å². The molecule has 144 valence electrons. The first-order chi connectivity index (χ1) is 12.2. The smallest absolute Gasteiger partial charge is 0.410 e. The van der Waals surface area contributed by atoms with Crippen molar-refractivity contribution in [2.24, 2.45) is 0 Å². The molecule has 0 radical (unpaired) electrons. The molecule has 1 fully saturated rings. The van der Waals surface area contributed by atoms with Crippen LogP contribution >= 0.6 is 0 Å². The Labute approximate surface area is 153 Å². The fourth-order valence-corrected chi connectivity index (χ4v) is 2.96. The molecule has 1 aliphatic rings. The molecule has 10 nitrogen and oxygen atoms in total. The van der Waals surface area contributed by atoms with E-state index in [0.717, 1.165) is 4.90 Å². The molecule has 0 aromatic heterocycles. The molecule has 0 N–H and O–H groups in total. The molecular weight excluding hydrogens is 366 g/mol. The minimum Gasteiger partial charge on any atom is -0.772 e. The molecule has 1 heterocycles. The number of hydrogen-bond donors (Lipinski definition) is 0. The molecule has 1 aromatic carbocycles. The van der Waals surface area contributed by atoms with E-state index in [2.05, 4.69) is 4.74 Å². The number of nitro groups is 1. The predicted molar refractivity (Wildman–Crippen MR) is 92.0 cm³/mol. The zero-order valence-electron chi connectivity index (χ0n) is 14.6. The molecule has 0 saturated carbocycles. The number of likely N-dealkylation sites (tertiary alicyclic amines) is 1. The van der Waals surface area contributed by atoms with Gasteiger partial charge in [0, 0.05) is 38.0 Å². The summed E-state index contributed by atoms with van der Waals surface area (Å²) in [4.78, 5) is 35.3. The lowest BCUT2D eigenvalue weighted by Gasteiger charge is -2.24. The highest BCUT2D eigenvalue weighted by Crippen LogP contribution is 2.23. The number of nitro benzene ring substituents is 1. The van der Waals surface area contributed by atoms with Gasteiger partial charge in [0.05, 0.1) is 12.0 Å². The quantitative estimate of drug-likeness (QED) is 0.425. The number of benzene rings is 1. The van der Waals surface area contributed by atoms with Gasteiger partial charge in [0.15, 0.2) is 0 Å². The molecule has 1 aromatic rings. The first-order valence-electron chi connectivity index (χ1n) is 7.52. The normalized spacial score (nSPS) is 19.8. The summed E-state index contributed by atoms with van der Waals surface area (Å²) in [6.45, 7) is -0.00691. The Morgan fingerprint density at radius 3 is 2.27 bits per heavy atom. The van der Waals surface area contributed by atoms with Gasteiger partial charge in [0.25, 0.3) is 5.69 Å². The number of nitrogens with zero attached hydrogens (tertiary/aromatic N) is 3. The van der Waals surface area contributed by atoms with Gasteiger partial charge in [-0.2, -0.15) is 0 Å². The molecule has 11 heteroatoms. The molecule has 0 spiro atoms. The number of carbonyl (C=O) groups is 2. The summed E-state index contributed by atoms with van der Waals surface area (Å²) in [5.74, 6) is -0.302. The maximum atomic E-state index is 11.8. The Hall–Kier alpha value is -2.53. The predicted octanol–water partition coefficient (Wildman–Crippen LogP) is 0.758. The molecule has 3 atom stereocenters. The minimum absolute atomic E-state index is 0.00691. The summed E-state index contributed by atoms with van der Waals surface area (Å²) in [5.41, 5.74) is 0.137. The Morgan fingerprint density at radius 1 is 1.31 bits per heavy atom. The lowest BCUT2D eigenvalue weighted by molar-refractivity contribution is -0.384. The number of ether oxygens (including phenoxy) is 1. The molecule has 1 aliphatic heterocycles. The van der Waals surface area contributed by atoms with E-state index in [1.807, 2.05) is 0 Å². The third-order valence-electron chi connectivity index (χ3n) is 3.64. The van der Waals surface area contributed by atoms with Crippen LogP contribution in [-0.2, 0) is 20.6 Å². The van der Waals surface area contributed by atoms with Gasteiger partial charge in [0.1, 0.15) is 6.04 Å². The summed E-state index contributed by atoms with van der Waals surface area (Å²) in [6, 6.07) is 7.17. The largest absolute Gasteiger partial charge is 0.772 e. The third-order valence-corrected chi connectivity index (χ3v) is 4.52. The van der Waals surface area contributed by atoms with E-state index < -0.39 is 33.4 Å². The van der Waals surface area contributed by atoms with Crippen molar-refractivity contribution in [3.05, 3.63) is 40.4 Å². The molecule has 26 heavy (non-hydrogen) atoms. The van der Waals surface area contributed by atoms with Gasteiger partial charge in [0.2, 0.25) is 5.91 Å². The first kappa shape index (κ1) is 21.5. The molecule has 1 unspecified atom stereocenters. The molecule has 2 rings (SSSR count). The van der Waals surface area contributed by atoms with E-state index in [1.54, 1.807) is 32.3 Å². The number of amides is 2. The van der Waals surface area contributed by atoms with E-state index in [4.69, 9.17) is 0 Å². The number of methoxy groups -OCH3 is 1. The summed E-state index contributed by atoms with van der Waals surface area (Å²) < 4.78 is 26.3. The second kappa shape index (κ2) is 9.82. The van der Waals surface area contributed by atoms with Crippen molar-refractivity contribution in [1.29, 1.82) is 0 Å². The third kappa shape index (κ3) is 5.77. The second-order valence-corrected chi connectivity index (χ2v) is 6.77. The monoisotopic (exact) mass is 386 g/mol. The van der Waals surface area contributed by atoms with Crippen LogP contribution in [0.5, 0.6) is 0 Å². The van der Waals surface area contributed by atoms with E-state index in [-0.39, 0.29) is 24.6 Å². The Bertz CT molecular complexity index is 668. The fraction of sp³-hybridized carbons (Fsp3) is 0.467. The number of likely N-dealkylation sites (N-methyl/N-ethyl adjacent to an activating group) is 1. The summed E-state index contributed by atoms with van der Waals surface area (Å²) in [7, 11) is 4.31. The minimum atomic E-state index is -2.30. The zero-order valence-corrected chi connectivity index (χ0v) is 15.4. The maximum absolute atomic E-state index is 11.8. The van der Waals surface area contributed by atoms with Crippen molar-refractivity contribution >= 4 is 28.8 Å². The summed E-state index contributed by atoms with van der Waals surface area (Å²) in [6.07, 6.45) is -0.569. The average Bonchev–Trinajstić information content (AvgIpc) is 3.07. The first-order valence-corrected chi connectivity index (χ1v) is 8.66. The average molecular weight is 386 g/mol. The Morgan fingerprint density at radius 2 is 1.88 bits per heavy atom. The van der Waals surface area contributed by atoms with Crippen molar-refractivity contribution in [3.8, 4) is 0 Å². The van der Waals surface area contributed by atoms with E-state index in [1.165, 1.54) is 24.1 Å². The highest BCUT2D eigenvalue weighted by atomic mass is 32.2. The van der Waals surface area contributed by atoms with Gasteiger partial charge in [-0.3, -0.25) is 24.0 Å². The van der Waals surface area contributed by atoms with Gasteiger partial charge in [-0.05, 0) is 6.42 Å². The van der Waals surface area contributed by atoms with Crippen LogP contribution in [0.2, 0.25) is 0 Å². The van der Waals surface area contributed by atoms with Crippen LogP contribution in [0.1, 0.15) is 6.42 Å². The van der Waals surface area contributed by atoms with Gasteiger partial charge < -0.3 is 14.2 Å². The lowest BCUT2D eigenvalue weighted by atomic mass is 10.2. The van der Waals surface area contributed by atoms with Crippen LogP contribution in [0.4, 0.5) is 10.5 Å². The van der Waals surface area contributed by atoms with Crippen LogP contribution in [0, 0.1) is 10.1 Å². The standard InChI is InChI=1S/C9H16N2O5S.C6H5NO2/c1-10(2)8(12)7-4-6(17(14)15)5-11(7)9(13)16-3;8-7(9)6-4-2-1-3-5-6/h6-7H,4-5H2,1-3H3,(H,14,15);1-5H/p-1/t6-,7-;/m0./s1. The SMILES string of the molecule is COC(=O)N1C[C@@H](S(=O)[O-])C[C@H]1C(=O)N(C)C.O=[N+]([O-])c1ccccc1. The number of carbonyl (C=O) groups excluding carboxylic acids is 2. The van der Waals surface area contributed by atoms with Gasteiger partial charge in [-0.1, -0.05) is 29.3 Å². The number of non-ortho nitro benzene ring substituents is 1.